The Kier molecular flexibility index (Phi) is 2.40. The fraction of sp³-hybridized carbons (Fsp3) is 0.667. The van der Waals surface area contributed by atoms with Gasteiger partial charge in [-0.15, -0.1) is 0 Å². The Hall–Kier alpha value is -1.14. The molecule has 0 saturated carbocycles. The number of carbonyl (C=O) groups is 1. The summed E-state index contributed by atoms with van der Waals surface area (Å²) in [5.74, 6) is 0.762. The van der Waals surface area contributed by atoms with Crippen LogP contribution in [-0.2, 0) is 4.79 Å². The van der Waals surface area contributed by atoms with Gasteiger partial charge in [0.15, 0.2) is 5.78 Å². The van der Waals surface area contributed by atoms with Crippen LogP contribution in [0.2, 0.25) is 0 Å². The zero-order valence-corrected chi connectivity index (χ0v) is 9.21. The Morgan fingerprint density at radius 3 is 3.00 bits per heavy atom. The lowest BCUT2D eigenvalue weighted by Crippen LogP contribution is -2.48. The van der Waals surface area contributed by atoms with Gasteiger partial charge in [-0.05, 0) is 24.8 Å². The van der Waals surface area contributed by atoms with Crippen LogP contribution in [0.25, 0.3) is 0 Å². The smallest absolute Gasteiger partial charge is 0.178 e. The monoisotopic (exact) mass is 204 g/mol. The van der Waals surface area contributed by atoms with Crippen LogP contribution >= 0.6 is 0 Å². The van der Waals surface area contributed by atoms with Gasteiger partial charge in [0.05, 0.1) is 5.57 Å². The molecule has 1 N–H and O–H groups in total. The molecule has 0 amide bonds. The van der Waals surface area contributed by atoms with Crippen molar-refractivity contribution in [3.8, 4) is 6.07 Å². The van der Waals surface area contributed by atoms with E-state index < -0.39 is 0 Å². The summed E-state index contributed by atoms with van der Waals surface area (Å²) in [6.45, 7) is 5.82. The molecule has 0 spiro atoms. The molecule has 1 saturated heterocycles. The first-order chi connectivity index (χ1) is 7.07. The highest BCUT2D eigenvalue weighted by molar-refractivity contribution is 6.03. The number of carbonyl (C=O) groups excluding carboxylic acids is 1. The highest BCUT2D eigenvalue weighted by Crippen LogP contribution is 2.43. The lowest BCUT2D eigenvalue weighted by Gasteiger charge is -2.43. The summed E-state index contributed by atoms with van der Waals surface area (Å²) in [5.41, 5.74) is -0.0167. The van der Waals surface area contributed by atoms with E-state index in [1.54, 1.807) is 0 Å². The molecule has 2 rings (SSSR count). The van der Waals surface area contributed by atoms with E-state index in [0.29, 0.717) is 17.4 Å². The van der Waals surface area contributed by atoms with Crippen molar-refractivity contribution in [1.82, 2.24) is 5.32 Å². The van der Waals surface area contributed by atoms with Gasteiger partial charge in [-0.2, -0.15) is 5.26 Å². The largest absolute Gasteiger partial charge is 0.316 e. The van der Waals surface area contributed by atoms with Crippen LogP contribution in [0.3, 0.4) is 0 Å². The van der Waals surface area contributed by atoms with Crippen LogP contribution in [-0.4, -0.2) is 18.9 Å². The van der Waals surface area contributed by atoms with Gasteiger partial charge >= 0.3 is 0 Å². The molecule has 3 nitrogen and oxygen atoms in total. The van der Waals surface area contributed by atoms with Gasteiger partial charge in [0, 0.05) is 12.0 Å². The third-order valence-corrected chi connectivity index (χ3v) is 3.79. The fourth-order valence-corrected chi connectivity index (χ4v) is 2.85. The molecule has 2 aliphatic rings. The van der Waals surface area contributed by atoms with Gasteiger partial charge in [0.25, 0.3) is 0 Å². The summed E-state index contributed by atoms with van der Waals surface area (Å²) in [5, 5.41) is 12.2. The summed E-state index contributed by atoms with van der Waals surface area (Å²) in [6.07, 6.45) is 2.89. The average Bonchev–Trinajstić information content (AvgIpc) is 2.24. The molecule has 0 bridgehead atoms. The number of rotatable bonds is 0. The van der Waals surface area contributed by atoms with Gasteiger partial charge in [0.2, 0.25) is 0 Å². The van der Waals surface area contributed by atoms with Gasteiger partial charge in [-0.3, -0.25) is 4.79 Å². The summed E-state index contributed by atoms with van der Waals surface area (Å²) >= 11 is 0. The van der Waals surface area contributed by atoms with Crippen LogP contribution in [0.4, 0.5) is 0 Å². The third-order valence-electron chi connectivity index (χ3n) is 3.79. The molecule has 1 aliphatic heterocycles. The van der Waals surface area contributed by atoms with Crippen molar-refractivity contribution in [1.29, 1.82) is 5.26 Å². The van der Waals surface area contributed by atoms with Crippen molar-refractivity contribution >= 4 is 5.78 Å². The quantitative estimate of drug-likeness (QED) is 0.646. The Labute approximate surface area is 90.2 Å². The molecular weight excluding hydrogens is 188 g/mol. The van der Waals surface area contributed by atoms with E-state index in [9.17, 15) is 4.79 Å². The molecule has 1 heterocycles. The molecule has 15 heavy (non-hydrogen) atoms. The van der Waals surface area contributed by atoms with Gasteiger partial charge in [0.1, 0.15) is 6.07 Å². The van der Waals surface area contributed by atoms with Crippen LogP contribution in [0, 0.1) is 28.6 Å². The van der Waals surface area contributed by atoms with Crippen molar-refractivity contribution in [2.45, 2.75) is 20.3 Å². The number of nitriles is 1. The number of hydrogen-bond acceptors (Lipinski definition) is 3. The van der Waals surface area contributed by atoms with Crippen molar-refractivity contribution < 1.29 is 4.79 Å². The van der Waals surface area contributed by atoms with Gasteiger partial charge in [-0.25, -0.2) is 0 Å². The Morgan fingerprint density at radius 2 is 2.33 bits per heavy atom. The summed E-state index contributed by atoms with van der Waals surface area (Å²) in [6, 6.07) is 2.03. The van der Waals surface area contributed by atoms with Crippen molar-refractivity contribution in [3.63, 3.8) is 0 Å². The van der Waals surface area contributed by atoms with Crippen LogP contribution in [0.15, 0.2) is 11.6 Å². The molecule has 1 aliphatic carbocycles. The van der Waals surface area contributed by atoms with Crippen LogP contribution in [0.5, 0.6) is 0 Å². The first-order valence-electron chi connectivity index (χ1n) is 5.45. The first-order valence-corrected chi connectivity index (χ1v) is 5.45. The number of Topliss-reactive ketones (excluding diaryl/α,β-unsaturated/α-hetero) is 1. The maximum Gasteiger partial charge on any atom is 0.178 e. The number of allylic oxidation sites excluding steroid dienone is 1. The molecular formula is C12H16N2O. The summed E-state index contributed by atoms with van der Waals surface area (Å²) in [4.78, 5) is 12.0. The highest BCUT2D eigenvalue weighted by Gasteiger charge is 2.46. The zero-order valence-electron chi connectivity index (χ0n) is 9.21. The molecule has 1 fully saturated rings. The van der Waals surface area contributed by atoms with Crippen molar-refractivity contribution in [2.24, 2.45) is 17.3 Å². The normalized spacial score (nSPS) is 33.9. The highest BCUT2D eigenvalue weighted by atomic mass is 16.1. The molecule has 3 heteroatoms. The van der Waals surface area contributed by atoms with Gasteiger partial charge < -0.3 is 5.32 Å². The molecule has 2 atom stereocenters. The van der Waals surface area contributed by atoms with E-state index in [0.717, 1.165) is 19.5 Å². The minimum absolute atomic E-state index is 0.0214. The summed E-state index contributed by atoms with van der Waals surface area (Å²) in [7, 11) is 0. The number of ketones is 1. The van der Waals surface area contributed by atoms with Crippen molar-refractivity contribution in [2.75, 3.05) is 13.1 Å². The Morgan fingerprint density at radius 1 is 1.60 bits per heavy atom. The number of hydrogen-bond donors (Lipinski definition) is 1. The van der Waals surface area contributed by atoms with E-state index in [4.69, 9.17) is 5.26 Å². The average molecular weight is 204 g/mol. The van der Waals surface area contributed by atoms with Crippen molar-refractivity contribution in [3.05, 3.63) is 11.6 Å². The number of nitrogens with zero attached hydrogens (tertiary/aromatic N) is 1. The second-order valence-corrected chi connectivity index (χ2v) is 5.01. The van der Waals surface area contributed by atoms with Gasteiger partial charge in [-0.1, -0.05) is 19.9 Å². The molecule has 0 aromatic carbocycles. The van der Waals surface area contributed by atoms with E-state index in [-0.39, 0.29) is 11.2 Å². The predicted molar refractivity (Wildman–Crippen MR) is 57.0 cm³/mol. The topological polar surface area (TPSA) is 52.9 Å². The van der Waals surface area contributed by atoms with Crippen LogP contribution in [0.1, 0.15) is 20.3 Å². The Balaban J connectivity index is 2.41. The minimum atomic E-state index is -0.368. The lowest BCUT2D eigenvalue weighted by molar-refractivity contribution is -0.128. The minimum Gasteiger partial charge on any atom is -0.316 e. The molecule has 0 radical (unpaired) electrons. The number of fused-ring (bicyclic) bond motifs is 1. The van der Waals surface area contributed by atoms with E-state index in [1.807, 2.05) is 26.0 Å². The molecule has 0 aromatic heterocycles. The fourth-order valence-electron chi connectivity index (χ4n) is 2.85. The lowest BCUT2D eigenvalue weighted by atomic mass is 9.61. The second-order valence-electron chi connectivity index (χ2n) is 5.01. The third kappa shape index (κ3) is 1.49. The van der Waals surface area contributed by atoms with E-state index in [2.05, 4.69) is 5.32 Å². The number of nitrogens with one attached hydrogen (secondary N) is 1. The Bertz CT molecular complexity index is 362. The molecule has 80 valence electrons. The second kappa shape index (κ2) is 3.46. The predicted octanol–water partition coefficient (Wildman–Crippen LogP) is 1.27. The first kappa shape index (κ1) is 10.4. The van der Waals surface area contributed by atoms with E-state index >= 15 is 0 Å². The maximum absolute atomic E-state index is 12.0. The summed E-state index contributed by atoms with van der Waals surface area (Å²) < 4.78 is 0. The SMILES string of the molecule is CC1(C)C(=O)C(C#N)=CC2CNCC[C@@H]21. The molecule has 1 unspecified atom stereocenters. The standard InChI is InChI=1S/C12H16N2O/c1-12(2)10-3-4-14-7-9(10)5-8(6-13)11(12)15/h5,9-10,14H,3-4,7H2,1-2H3/t9?,10-/m0/s1. The zero-order chi connectivity index (χ0) is 11.1. The maximum atomic E-state index is 12.0. The van der Waals surface area contributed by atoms with E-state index in [1.165, 1.54) is 0 Å². The number of piperidine rings is 1. The molecule has 0 aromatic rings. The van der Waals surface area contributed by atoms with Crippen LogP contribution < -0.4 is 5.32 Å².